The molecule has 0 atom stereocenters. The highest BCUT2D eigenvalue weighted by molar-refractivity contribution is 7.98. The van der Waals surface area contributed by atoms with Gasteiger partial charge in [-0.3, -0.25) is 9.36 Å². The molecule has 1 aliphatic rings. The van der Waals surface area contributed by atoms with Crippen LogP contribution in [0.15, 0.2) is 52.4 Å². The second-order valence-electron chi connectivity index (χ2n) is 7.04. The maximum Gasteiger partial charge on any atom is 0.267 e. The fraction of sp³-hybridized carbons (Fsp3) is 0.182. The van der Waals surface area contributed by atoms with Crippen LogP contribution in [0.4, 0.5) is 0 Å². The number of nitrogens with zero attached hydrogens (tertiary/aromatic N) is 2. The van der Waals surface area contributed by atoms with Crippen LogP contribution in [-0.2, 0) is 18.6 Å². The van der Waals surface area contributed by atoms with Gasteiger partial charge < -0.3 is 0 Å². The third-order valence-corrected chi connectivity index (χ3v) is 8.31. The first-order valence-electron chi connectivity index (χ1n) is 9.42. The van der Waals surface area contributed by atoms with Crippen molar-refractivity contribution in [1.82, 2.24) is 9.55 Å². The molecule has 3 nitrogen and oxygen atoms in total. The highest BCUT2D eigenvalue weighted by Crippen LogP contribution is 2.37. The van der Waals surface area contributed by atoms with Gasteiger partial charge in [-0.1, -0.05) is 52.6 Å². The Bertz CT molecular complexity index is 1310. The normalized spacial score (nSPS) is 13.2. The van der Waals surface area contributed by atoms with E-state index in [1.807, 2.05) is 30.3 Å². The van der Waals surface area contributed by atoms with E-state index >= 15 is 0 Å². The Labute approximate surface area is 196 Å². The van der Waals surface area contributed by atoms with Crippen LogP contribution in [0, 0.1) is 0 Å². The second-order valence-corrected chi connectivity index (χ2v) is 10.3. The number of fused-ring (bicyclic) bond motifs is 3. The summed E-state index contributed by atoms with van der Waals surface area (Å²) in [5.41, 5.74) is 2.71. The van der Waals surface area contributed by atoms with E-state index in [2.05, 4.69) is 0 Å². The zero-order valence-electron chi connectivity index (χ0n) is 15.6. The first kappa shape index (κ1) is 20.4. The number of thioether (sulfide) groups is 1. The molecule has 0 fully saturated rings. The average Bonchev–Trinajstić information content (AvgIpc) is 3.29. The van der Waals surface area contributed by atoms with Crippen molar-refractivity contribution in [3.05, 3.63) is 83.9 Å². The van der Waals surface area contributed by atoms with Gasteiger partial charge >= 0.3 is 0 Å². The summed E-state index contributed by atoms with van der Waals surface area (Å²) < 4.78 is 1.68. The molecule has 0 bridgehead atoms. The predicted molar refractivity (Wildman–Crippen MR) is 128 cm³/mol. The molecule has 0 N–H and O–H groups in total. The summed E-state index contributed by atoms with van der Waals surface area (Å²) in [4.78, 5) is 20.6. The third kappa shape index (κ3) is 3.57. The van der Waals surface area contributed by atoms with Crippen LogP contribution < -0.4 is 5.56 Å². The zero-order chi connectivity index (χ0) is 20.8. The van der Waals surface area contributed by atoms with Crippen molar-refractivity contribution in [1.29, 1.82) is 0 Å². The van der Waals surface area contributed by atoms with Crippen molar-refractivity contribution < 1.29 is 0 Å². The molecule has 5 rings (SSSR count). The van der Waals surface area contributed by atoms with E-state index < -0.39 is 0 Å². The van der Waals surface area contributed by atoms with Crippen LogP contribution in [0.1, 0.15) is 22.4 Å². The van der Waals surface area contributed by atoms with E-state index in [9.17, 15) is 4.79 Å². The SMILES string of the molecule is O=c1c2c3c(sc2nc(SCc2c(Cl)cccc2Cl)n1-c1ccc(Cl)cc1)CCC3. The van der Waals surface area contributed by atoms with Crippen LogP contribution in [0.5, 0.6) is 0 Å². The van der Waals surface area contributed by atoms with E-state index in [4.69, 9.17) is 39.8 Å². The van der Waals surface area contributed by atoms with Gasteiger partial charge in [-0.25, -0.2) is 4.98 Å². The Balaban J connectivity index is 1.67. The summed E-state index contributed by atoms with van der Waals surface area (Å²) in [7, 11) is 0. The Hall–Kier alpha value is -1.50. The highest BCUT2D eigenvalue weighted by Gasteiger charge is 2.24. The lowest BCUT2D eigenvalue weighted by atomic mass is 10.2. The van der Waals surface area contributed by atoms with Crippen LogP contribution in [0.2, 0.25) is 15.1 Å². The fourth-order valence-corrected chi connectivity index (χ4v) is 6.93. The number of rotatable bonds is 4. The van der Waals surface area contributed by atoms with Gasteiger partial charge in [-0.05, 0) is 66.8 Å². The van der Waals surface area contributed by atoms with Gasteiger partial charge in [0.1, 0.15) is 4.83 Å². The predicted octanol–water partition coefficient (Wildman–Crippen LogP) is 7.19. The molecule has 2 heterocycles. The number of aromatic nitrogens is 2. The molecule has 0 radical (unpaired) electrons. The highest BCUT2D eigenvalue weighted by atomic mass is 35.5. The molecule has 8 heteroatoms. The zero-order valence-corrected chi connectivity index (χ0v) is 19.5. The second kappa shape index (κ2) is 8.21. The molecular formula is C22H15Cl3N2OS2. The lowest BCUT2D eigenvalue weighted by molar-refractivity contribution is 0.820. The number of aryl methyl sites for hydroxylation is 2. The molecule has 30 heavy (non-hydrogen) atoms. The summed E-state index contributed by atoms with van der Waals surface area (Å²) in [6, 6.07) is 12.7. The average molecular weight is 494 g/mol. The molecule has 0 amide bonds. The maximum atomic E-state index is 13.6. The van der Waals surface area contributed by atoms with Crippen molar-refractivity contribution in [2.24, 2.45) is 0 Å². The van der Waals surface area contributed by atoms with Crippen LogP contribution >= 0.6 is 57.9 Å². The van der Waals surface area contributed by atoms with Gasteiger partial charge in [-0.15, -0.1) is 11.3 Å². The van der Waals surface area contributed by atoms with Crippen LogP contribution in [0.25, 0.3) is 15.9 Å². The number of halogens is 3. The van der Waals surface area contributed by atoms with E-state index in [-0.39, 0.29) is 5.56 Å². The lowest BCUT2D eigenvalue weighted by Gasteiger charge is -2.13. The molecule has 0 aliphatic heterocycles. The van der Waals surface area contributed by atoms with Crippen molar-refractivity contribution >= 4 is 68.1 Å². The lowest BCUT2D eigenvalue weighted by Crippen LogP contribution is -2.21. The summed E-state index contributed by atoms with van der Waals surface area (Å²) in [5, 5.41) is 3.20. The monoisotopic (exact) mass is 492 g/mol. The molecule has 0 spiro atoms. The molecule has 152 valence electrons. The standard InChI is InChI=1S/C22H15Cl3N2OS2/c23-12-7-9-13(10-8-12)27-21(28)19-14-3-1-6-18(14)30-20(19)26-22(27)29-11-15-16(24)4-2-5-17(15)25/h2,4-5,7-10H,1,3,6,11H2. The fourth-order valence-electron chi connectivity index (χ4n) is 3.75. The third-order valence-electron chi connectivity index (χ3n) is 5.20. The first-order chi connectivity index (χ1) is 14.5. The number of hydrogen-bond donors (Lipinski definition) is 0. The minimum absolute atomic E-state index is 0.0329. The molecule has 2 aromatic carbocycles. The Kier molecular flexibility index (Phi) is 5.58. The van der Waals surface area contributed by atoms with Crippen molar-refractivity contribution in [3.8, 4) is 5.69 Å². The largest absolute Gasteiger partial charge is 0.268 e. The Morgan fingerprint density at radius 1 is 1.03 bits per heavy atom. The summed E-state index contributed by atoms with van der Waals surface area (Å²) >= 11 is 21.9. The number of hydrogen-bond acceptors (Lipinski definition) is 4. The van der Waals surface area contributed by atoms with Gasteiger partial charge in [0.2, 0.25) is 0 Å². The van der Waals surface area contributed by atoms with E-state index in [1.165, 1.54) is 22.2 Å². The van der Waals surface area contributed by atoms with Gasteiger partial charge in [0.25, 0.3) is 5.56 Å². The van der Waals surface area contributed by atoms with E-state index in [1.54, 1.807) is 28.0 Å². The van der Waals surface area contributed by atoms with Crippen molar-refractivity contribution in [2.45, 2.75) is 30.2 Å². The molecule has 0 saturated carbocycles. The van der Waals surface area contributed by atoms with Gasteiger partial charge in [0.05, 0.1) is 11.1 Å². The summed E-state index contributed by atoms with van der Waals surface area (Å²) in [6.07, 6.45) is 3.06. The smallest absolute Gasteiger partial charge is 0.267 e. The van der Waals surface area contributed by atoms with Gasteiger partial charge in [-0.2, -0.15) is 0 Å². The minimum Gasteiger partial charge on any atom is -0.268 e. The van der Waals surface area contributed by atoms with E-state index in [0.717, 1.165) is 40.7 Å². The summed E-state index contributed by atoms with van der Waals surface area (Å²) in [5.74, 6) is 0.509. The Morgan fingerprint density at radius 3 is 2.50 bits per heavy atom. The molecule has 2 aromatic heterocycles. The number of benzene rings is 2. The Morgan fingerprint density at radius 2 is 1.77 bits per heavy atom. The molecule has 4 aromatic rings. The quantitative estimate of drug-likeness (QED) is 0.223. The first-order valence-corrected chi connectivity index (χ1v) is 12.4. The molecule has 0 unspecified atom stereocenters. The molecular weight excluding hydrogens is 479 g/mol. The minimum atomic E-state index is -0.0329. The van der Waals surface area contributed by atoms with Crippen molar-refractivity contribution in [3.63, 3.8) is 0 Å². The topological polar surface area (TPSA) is 34.9 Å². The van der Waals surface area contributed by atoms with Gasteiger partial charge in [0, 0.05) is 25.7 Å². The van der Waals surface area contributed by atoms with Crippen LogP contribution in [0.3, 0.4) is 0 Å². The van der Waals surface area contributed by atoms with Gasteiger partial charge in [0.15, 0.2) is 5.16 Å². The maximum absolute atomic E-state index is 13.6. The van der Waals surface area contributed by atoms with E-state index in [0.29, 0.717) is 26.0 Å². The molecule has 1 aliphatic carbocycles. The summed E-state index contributed by atoms with van der Waals surface area (Å²) in [6.45, 7) is 0. The number of thiophene rings is 1. The van der Waals surface area contributed by atoms with Crippen molar-refractivity contribution in [2.75, 3.05) is 0 Å². The van der Waals surface area contributed by atoms with Crippen LogP contribution in [-0.4, -0.2) is 9.55 Å². The molecule has 0 saturated heterocycles.